The maximum Gasteiger partial charge on any atom is 0.320 e. The van der Waals surface area contributed by atoms with Gasteiger partial charge in [0.1, 0.15) is 29.9 Å². The topological polar surface area (TPSA) is 101 Å². The van der Waals surface area contributed by atoms with Crippen LogP contribution >= 0.6 is 0 Å². The minimum atomic E-state index is -1.06. The Morgan fingerprint density at radius 2 is 1.97 bits per heavy atom. The summed E-state index contributed by atoms with van der Waals surface area (Å²) in [5, 5.41) is 8.88. The molecule has 3 amide bonds. The molecule has 0 bridgehead atoms. The lowest BCUT2D eigenvalue weighted by molar-refractivity contribution is -0.120. The number of anilines is 2. The number of halogens is 2. The average Bonchev–Trinajstić information content (AvgIpc) is 3.26. The smallest absolute Gasteiger partial charge is 0.320 e. The van der Waals surface area contributed by atoms with Gasteiger partial charge in [-0.1, -0.05) is 18.1 Å². The van der Waals surface area contributed by atoms with Gasteiger partial charge in [-0.2, -0.15) is 5.10 Å². The minimum Gasteiger partial charge on any atom is -0.489 e. The Labute approximate surface area is 203 Å². The van der Waals surface area contributed by atoms with Crippen molar-refractivity contribution in [2.45, 2.75) is 6.04 Å². The molecule has 2 aromatic carbocycles. The van der Waals surface area contributed by atoms with Gasteiger partial charge in [0.05, 0.1) is 23.1 Å². The van der Waals surface area contributed by atoms with Gasteiger partial charge in [-0.05, 0) is 42.3 Å². The number of carbonyl (C=O) groups excluding carboxylic acids is 2. The number of rotatable bonds is 2. The van der Waals surface area contributed by atoms with Gasteiger partial charge in [-0.3, -0.25) is 4.79 Å². The molecule has 1 atom stereocenters. The predicted octanol–water partition coefficient (Wildman–Crippen LogP) is 2.95. The van der Waals surface area contributed by atoms with Crippen molar-refractivity contribution in [3.05, 3.63) is 83.8 Å². The van der Waals surface area contributed by atoms with Crippen molar-refractivity contribution in [3.63, 3.8) is 0 Å². The number of nitrogens with zero attached hydrogens (tertiary/aromatic N) is 4. The number of hydrogen-bond acceptors (Lipinski definition) is 5. The lowest BCUT2D eigenvalue weighted by Crippen LogP contribution is -2.50. The fourth-order valence-electron chi connectivity index (χ4n) is 3.68. The molecule has 5 rings (SSSR count). The normalized spacial score (nSPS) is 14.8. The number of nitrogens with one attached hydrogen (secondary N) is 2. The summed E-state index contributed by atoms with van der Waals surface area (Å²) < 4.78 is 36.5. The Kier molecular flexibility index (Phi) is 5.92. The first kappa shape index (κ1) is 22.8. The summed E-state index contributed by atoms with van der Waals surface area (Å²) in [7, 11) is 1.56. The van der Waals surface area contributed by atoms with E-state index in [4.69, 9.17) is 4.74 Å². The molecule has 4 aromatic rings. The molecule has 9 nitrogen and oxygen atoms in total. The van der Waals surface area contributed by atoms with Crippen LogP contribution in [0, 0.1) is 23.5 Å². The zero-order valence-electron chi connectivity index (χ0n) is 18.8. The molecule has 0 fully saturated rings. The Morgan fingerprint density at radius 1 is 1.14 bits per heavy atom. The Hall–Kier alpha value is -4.98. The van der Waals surface area contributed by atoms with Gasteiger partial charge in [0.25, 0.3) is 5.91 Å². The highest BCUT2D eigenvalue weighted by Crippen LogP contribution is 2.30. The van der Waals surface area contributed by atoms with Crippen LogP contribution in [-0.2, 0) is 4.79 Å². The summed E-state index contributed by atoms with van der Waals surface area (Å²) in [5.74, 6) is 3.21. The van der Waals surface area contributed by atoms with Crippen molar-refractivity contribution in [1.29, 1.82) is 0 Å². The SMILES string of the molecule is CN1C(=O)[C@@H](NC(=O)Nc2ccc(F)c(C#Cc3cnc4cccnn34)c2F)COc2ccccc21. The molecular weight excluding hydrogens is 470 g/mol. The van der Waals surface area contributed by atoms with E-state index in [1.165, 1.54) is 21.8 Å². The van der Waals surface area contributed by atoms with Crippen molar-refractivity contribution < 1.29 is 23.1 Å². The number of para-hydroxylation sites is 2. The van der Waals surface area contributed by atoms with E-state index in [1.807, 2.05) is 0 Å². The molecule has 3 heterocycles. The molecule has 11 heteroatoms. The number of aromatic nitrogens is 3. The number of ether oxygens (including phenoxy) is 1. The van der Waals surface area contributed by atoms with Crippen LogP contribution in [0.5, 0.6) is 5.75 Å². The molecule has 2 aromatic heterocycles. The first-order valence-corrected chi connectivity index (χ1v) is 10.8. The second-order valence-corrected chi connectivity index (χ2v) is 7.80. The van der Waals surface area contributed by atoms with Crippen LogP contribution < -0.4 is 20.3 Å². The molecule has 0 saturated heterocycles. The summed E-state index contributed by atoms with van der Waals surface area (Å²) in [5.41, 5.74) is 0.565. The Bertz CT molecular complexity index is 1560. The number of imidazole rings is 1. The van der Waals surface area contributed by atoms with E-state index in [2.05, 4.69) is 32.6 Å². The van der Waals surface area contributed by atoms with Crippen molar-refractivity contribution in [2.75, 3.05) is 23.9 Å². The Morgan fingerprint density at radius 3 is 2.83 bits per heavy atom. The minimum absolute atomic E-state index is 0.121. The molecule has 0 saturated carbocycles. The molecular formula is C25H18F2N6O3. The second kappa shape index (κ2) is 9.34. The largest absolute Gasteiger partial charge is 0.489 e. The van der Waals surface area contributed by atoms with Gasteiger partial charge >= 0.3 is 6.03 Å². The van der Waals surface area contributed by atoms with E-state index >= 15 is 4.39 Å². The van der Waals surface area contributed by atoms with E-state index in [0.717, 1.165) is 12.1 Å². The van der Waals surface area contributed by atoms with Gasteiger partial charge in [0, 0.05) is 13.2 Å². The zero-order chi connectivity index (χ0) is 25.2. The average molecular weight is 488 g/mol. The van der Waals surface area contributed by atoms with Gasteiger partial charge in [0.15, 0.2) is 11.5 Å². The highest BCUT2D eigenvalue weighted by atomic mass is 19.1. The second-order valence-electron chi connectivity index (χ2n) is 7.80. The van der Waals surface area contributed by atoms with Crippen LogP contribution in [0.15, 0.2) is 60.9 Å². The monoisotopic (exact) mass is 488 g/mol. The van der Waals surface area contributed by atoms with E-state index < -0.39 is 35.2 Å². The first-order chi connectivity index (χ1) is 17.4. The van der Waals surface area contributed by atoms with E-state index in [0.29, 0.717) is 22.8 Å². The van der Waals surface area contributed by atoms with Crippen LogP contribution in [-0.4, -0.2) is 46.2 Å². The maximum atomic E-state index is 15.1. The molecule has 36 heavy (non-hydrogen) atoms. The van der Waals surface area contributed by atoms with Crippen molar-refractivity contribution in [3.8, 4) is 17.6 Å². The number of fused-ring (bicyclic) bond motifs is 2. The molecule has 2 N–H and O–H groups in total. The Balaban J connectivity index is 1.33. The maximum absolute atomic E-state index is 15.1. The number of carbonyl (C=O) groups is 2. The van der Waals surface area contributed by atoms with Crippen molar-refractivity contribution in [2.24, 2.45) is 0 Å². The quantitative estimate of drug-likeness (QED) is 0.423. The molecule has 0 aliphatic carbocycles. The summed E-state index contributed by atoms with van der Waals surface area (Å²) in [6, 6.07) is 10.5. The van der Waals surface area contributed by atoms with Gasteiger partial charge < -0.3 is 20.3 Å². The van der Waals surface area contributed by atoms with Gasteiger partial charge in [-0.25, -0.2) is 23.1 Å². The molecule has 1 aliphatic heterocycles. The third-order valence-corrected chi connectivity index (χ3v) is 5.50. The third-order valence-electron chi connectivity index (χ3n) is 5.50. The van der Waals surface area contributed by atoms with Crippen LogP contribution in [0.3, 0.4) is 0 Å². The highest BCUT2D eigenvalue weighted by molar-refractivity contribution is 6.02. The lowest BCUT2D eigenvalue weighted by Gasteiger charge is -2.20. The molecule has 0 spiro atoms. The van der Waals surface area contributed by atoms with Gasteiger partial charge in [0.2, 0.25) is 0 Å². The van der Waals surface area contributed by atoms with E-state index in [1.54, 1.807) is 43.4 Å². The van der Waals surface area contributed by atoms with Crippen molar-refractivity contribution >= 4 is 29.0 Å². The van der Waals surface area contributed by atoms with E-state index in [9.17, 15) is 14.0 Å². The summed E-state index contributed by atoms with van der Waals surface area (Å²) in [6.45, 7) is -0.121. The molecule has 0 radical (unpaired) electrons. The standard InChI is InChI=1S/C25H18F2N6O3/c1-32-20-5-2-3-6-21(20)36-14-19(24(32)34)31-25(35)30-18-11-10-17(26)16(23(18)27)9-8-15-13-28-22-7-4-12-29-33(15)22/h2-7,10-13,19H,14H2,1H3,(H2,30,31,35)/t19-/m0/s1. The van der Waals surface area contributed by atoms with Crippen molar-refractivity contribution in [1.82, 2.24) is 19.9 Å². The highest BCUT2D eigenvalue weighted by Gasteiger charge is 2.30. The molecule has 180 valence electrons. The zero-order valence-corrected chi connectivity index (χ0v) is 18.8. The molecule has 0 unspecified atom stereocenters. The number of benzene rings is 2. The predicted molar refractivity (Wildman–Crippen MR) is 127 cm³/mol. The number of amides is 3. The first-order valence-electron chi connectivity index (χ1n) is 10.8. The number of likely N-dealkylation sites (N-methyl/N-ethyl adjacent to an activating group) is 1. The van der Waals surface area contributed by atoms with Crippen LogP contribution in [0.2, 0.25) is 0 Å². The number of hydrogen-bond donors (Lipinski definition) is 2. The number of urea groups is 1. The van der Waals surface area contributed by atoms with Gasteiger partial charge in [-0.15, -0.1) is 0 Å². The van der Waals surface area contributed by atoms with Crippen LogP contribution in [0.25, 0.3) is 5.65 Å². The van der Waals surface area contributed by atoms with E-state index in [-0.39, 0.29) is 12.3 Å². The third kappa shape index (κ3) is 4.27. The fraction of sp³-hybridized carbons (Fsp3) is 0.120. The van der Waals surface area contributed by atoms with Crippen LogP contribution in [0.1, 0.15) is 11.3 Å². The molecule has 1 aliphatic rings. The summed E-state index contributed by atoms with van der Waals surface area (Å²) in [4.78, 5) is 30.9. The summed E-state index contributed by atoms with van der Waals surface area (Å²) in [6.07, 6.45) is 2.96. The van der Waals surface area contributed by atoms with Crippen LogP contribution in [0.4, 0.5) is 25.0 Å². The fourth-order valence-corrected chi connectivity index (χ4v) is 3.68. The lowest BCUT2D eigenvalue weighted by atomic mass is 10.1. The summed E-state index contributed by atoms with van der Waals surface area (Å²) >= 11 is 0.